The Labute approximate surface area is 105 Å². The molecule has 0 bridgehead atoms. The van der Waals surface area contributed by atoms with Gasteiger partial charge in [0.05, 0.1) is 16.9 Å². The molecule has 5 heteroatoms. The van der Waals surface area contributed by atoms with Gasteiger partial charge in [-0.3, -0.25) is 4.79 Å². The fourth-order valence-electron chi connectivity index (χ4n) is 1.81. The highest BCUT2D eigenvalue weighted by molar-refractivity contribution is 8.00. The highest BCUT2D eigenvalue weighted by Crippen LogP contribution is 2.47. The van der Waals surface area contributed by atoms with Gasteiger partial charge in [0.15, 0.2) is 0 Å². The average molecular weight is 251 g/mol. The van der Waals surface area contributed by atoms with Crippen LogP contribution >= 0.6 is 11.8 Å². The first kappa shape index (κ1) is 12.1. The smallest absolute Gasteiger partial charge is 0.250 e. The number of thioether (sulfide) groups is 1. The van der Waals surface area contributed by atoms with Crippen molar-refractivity contribution in [3.63, 3.8) is 0 Å². The minimum Gasteiger partial charge on any atom is -0.397 e. The van der Waals surface area contributed by atoms with Gasteiger partial charge in [0.25, 0.3) is 5.91 Å². The molecule has 5 N–H and O–H groups in total. The zero-order chi connectivity index (χ0) is 12.5. The number of amides is 1. The van der Waals surface area contributed by atoms with E-state index in [-0.39, 0.29) is 0 Å². The first-order valence-corrected chi connectivity index (χ1v) is 6.78. The highest BCUT2D eigenvalue weighted by atomic mass is 32.2. The van der Waals surface area contributed by atoms with Crippen molar-refractivity contribution in [2.75, 3.05) is 23.9 Å². The molecule has 1 aromatic carbocycles. The standard InChI is InChI=1S/C12H17N3OS/c1-17-12(5-6-12)7-15-10-8(11(14)16)3-2-4-9(10)13/h2-4,15H,5-7,13H2,1H3,(H2,14,16). The van der Waals surface area contributed by atoms with Gasteiger partial charge in [0.2, 0.25) is 0 Å². The third-order valence-electron chi connectivity index (χ3n) is 3.19. The number of para-hydroxylation sites is 1. The fraction of sp³-hybridized carbons (Fsp3) is 0.417. The first-order chi connectivity index (χ1) is 8.08. The Morgan fingerprint density at radius 3 is 2.76 bits per heavy atom. The second-order valence-electron chi connectivity index (χ2n) is 4.37. The summed E-state index contributed by atoms with van der Waals surface area (Å²) in [5.41, 5.74) is 12.9. The number of anilines is 2. The molecule has 0 unspecified atom stereocenters. The Morgan fingerprint density at radius 2 is 2.24 bits per heavy atom. The van der Waals surface area contributed by atoms with E-state index < -0.39 is 5.91 Å². The topological polar surface area (TPSA) is 81.1 Å². The van der Waals surface area contributed by atoms with Gasteiger partial charge in [-0.25, -0.2) is 0 Å². The van der Waals surface area contributed by atoms with Gasteiger partial charge in [-0.15, -0.1) is 0 Å². The molecule has 0 atom stereocenters. The molecule has 2 rings (SSSR count). The number of benzene rings is 1. The first-order valence-electron chi connectivity index (χ1n) is 5.55. The third-order valence-corrected chi connectivity index (χ3v) is 4.61. The Bertz CT molecular complexity index is 443. The molecule has 1 saturated carbocycles. The van der Waals surface area contributed by atoms with Crippen LogP contribution in [0.4, 0.5) is 11.4 Å². The van der Waals surface area contributed by atoms with Gasteiger partial charge in [0.1, 0.15) is 0 Å². The average Bonchev–Trinajstić information content (AvgIpc) is 3.08. The van der Waals surface area contributed by atoms with Gasteiger partial charge in [-0.1, -0.05) is 6.07 Å². The number of nitrogens with two attached hydrogens (primary N) is 2. The van der Waals surface area contributed by atoms with E-state index in [1.165, 1.54) is 12.8 Å². The zero-order valence-corrected chi connectivity index (χ0v) is 10.6. The highest BCUT2D eigenvalue weighted by Gasteiger charge is 2.41. The van der Waals surface area contributed by atoms with E-state index in [1.807, 2.05) is 11.8 Å². The Kier molecular flexibility index (Phi) is 3.19. The maximum atomic E-state index is 11.3. The van der Waals surface area contributed by atoms with Crippen molar-refractivity contribution in [3.05, 3.63) is 23.8 Å². The quantitative estimate of drug-likeness (QED) is 0.695. The predicted octanol–water partition coefficient (Wildman–Crippen LogP) is 1.68. The van der Waals surface area contributed by atoms with E-state index in [9.17, 15) is 4.79 Å². The molecule has 0 saturated heterocycles. The maximum absolute atomic E-state index is 11.3. The lowest BCUT2D eigenvalue weighted by Crippen LogP contribution is -2.21. The minimum absolute atomic E-state index is 0.317. The van der Waals surface area contributed by atoms with Crippen molar-refractivity contribution in [2.45, 2.75) is 17.6 Å². The van der Waals surface area contributed by atoms with Crippen LogP contribution in [0, 0.1) is 0 Å². The number of nitrogen functional groups attached to an aromatic ring is 1. The normalized spacial score (nSPS) is 16.5. The van der Waals surface area contributed by atoms with Crippen LogP contribution in [-0.4, -0.2) is 23.5 Å². The summed E-state index contributed by atoms with van der Waals surface area (Å²) in [6, 6.07) is 5.20. The molecule has 0 radical (unpaired) electrons. The van der Waals surface area contributed by atoms with Crippen molar-refractivity contribution in [2.24, 2.45) is 5.73 Å². The molecule has 1 aromatic rings. The molecule has 0 aromatic heterocycles. The van der Waals surface area contributed by atoms with Crippen molar-refractivity contribution in [1.29, 1.82) is 0 Å². The Morgan fingerprint density at radius 1 is 1.53 bits per heavy atom. The summed E-state index contributed by atoms with van der Waals surface area (Å²) in [5.74, 6) is -0.450. The molecule has 92 valence electrons. The second-order valence-corrected chi connectivity index (χ2v) is 5.65. The van der Waals surface area contributed by atoms with Crippen LogP contribution in [0.15, 0.2) is 18.2 Å². The summed E-state index contributed by atoms with van der Waals surface area (Å²) in [4.78, 5) is 11.3. The largest absolute Gasteiger partial charge is 0.397 e. The summed E-state index contributed by atoms with van der Waals surface area (Å²) >= 11 is 1.86. The van der Waals surface area contributed by atoms with E-state index >= 15 is 0 Å². The second kappa shape index (κ2) is 4.49. The molecule has 17 heavy (non-hydrogen) atoms. The van der Waals surface area contributed by atoms with E-state index in [2.05, 4.69) is 11.6 Å². The summed E-state index contributed by atoms with van der Waals surface area (Å²) in [6.45, 7) is 0.822. The number of rotatable bonds is 5. The third kappa shape index (κ3) is 2.49. The van der Waals surface area contributed by atoms with Crippen LogP contribution in [0.3, 0.4) is 0 Å². The van der Waals surface area contributed by atoms with Crippen LogP contribution in [0.2, 0.25) is 0 Å². The van der Waals surface area contributed by atoms with Crippen molar-refractivity contribution >= 4 is 29.0 Å². The van der Waals surface area contributed by atoms with Crippen LogP contribution < -0.4 is 16.8 Å². The molecular formula is C12H17N3OS. The van der Waals surface area contributed by atoms with Crippen LogP contribution in [0.25, 0.3) is 0 Å². The molecule has 0 aliphatic heterocycles. The van der Waals surface area contributed by atoms with Crippen molar-refractivity contribution in [3.8, 4) is 0 Å². The van der Waals surface area contributed by atoms with E-state index in [0.717, 1.165) is 6.54 Å². The number of carbonyl (C=O) groups is 1. The Hall–Kier alpha value is -1.36. The van der Waals surface area contributed by atoms with E-state index in [1.54, 1.807) is 18.2 Å². The molecule has 1 aliphatic rings. The van der Waals surface area contributed by atoms with Gasteiger partial charge in [-0.2, -0.15) is 11.8 Å². The molecule has 4 nitrogen and oxygen atoms in total. The van der Waals surface area contributed by atoms with E-state index in [0.29, 0.717) is 21.7 Å². The molecule has 1 fully saturated rings. The molecule has 1 amide bonds. The number of hydrogen-bond acceptors (Lipinski definition) is 4. The van der Waals surface area contributed by atoms with Crippen LogP contribution in [-0.2, 0) is 0 Å². The number of hydrogen-bond donors (Lipinski definition) is 3. The number of nitrogens with one attached hydrogen (secondary N) is 1. The lowest BCUT2D eigenvalue weighted by molar-refractivity contribution is 0.100. The summed E-state index contributed by atoms with van der Waals surface area (Å²) < 4.78 is 0.317. The summed E-state index contributed by atoms with van der Waals surface area (Å²) in [5, 5.41) is 3.27. The van der Waals surface area contributed by atoms with Gasteiger partial charge >= 0.3 is 0 Å². The van der Waals surface area contributed by atoms with Crippen molar-refractivity contribution < 1.29 is 4.79 Å². The lowest BCUT2D eigenvalue weighted by atomic mass is 10.1. The maximum Gasteiger partial charge on any atom is 0.250 e. The Balaban J connectivity index is 2.17. The summed E-state index contributed by atoms with van der Waals surface area (Å²) in [6.07, 6.45) is 4.53. The van der Waals surface area contributed by atoms with Crippen LogP contribution in [0.5, 0.6) is 0 Å². The van der Waals surface area contributed by atoms with Crippen LogP contribution in [0.1, 0.15) is 23.2 Å². The van der Waals surface area contributed by atoms with Gasteiger partial charge < -0.3 is 16.8 Å². The predicted molar refractivity (Wildman–Crippen MR) is 73.3 cm³/mol. The lowest BCUT2D eigenvalue weighted by Gasteiger charge is -2.17. The SMILES string of the molecule is CSC1(CNc2c(N)cccc2C(N)=O)CC1. The zero-order valence-electron chi connectivity index (χ0n) is 9.82. The number of primary amides is 1. The molecule has 0 spiro atoms. The van der Waals surface area contributed by atoms with Gasteiger partial charge in [-0.05, 0) is 31.2 Å². The molecule has 1 aliphatic carbocycles. The minimum atomic E-state index is -0.450. The fourth-order valence-corrected chi connectivity index (χ4v) is 2.54. The number of carbonyl (C=O) groups excluding carboxylic acids is 1. The van der Waals surface area contributed by atoms with Crippen molar-refractivity contribution in [1.82, 2.24) is 0 Å². The monoisotopic (exact) mass is 251 g/mol. The van der Waals surface area contributed by atoms with E-state index in [4.69, 9.17) is 11.5 Å². The van der Waals surface area contributed by atoms with Gasteiger partial charge in [0, 0.05) is 11.3 Å². The molecule has 0 heterocycles. The summed E-state index contributed by atoms with van der Waals surface area (Å²) in [7, 11) is 0. The molecular weight excluding hydrogens is 234 g/mol.